The van der Waals surface area contributed by atoms with Crippen molar-refractivity contribution in [2.24, 2.45) is 0 Å². The van der Waals surface area contributed by atoms with Crippen molar-refractivity contribution in [2.75, 3.05) is 11.9 Å². The Balaban J connectivity index is 1.83. The molecule has 0 atom stereocenters. The van der Waals surface area contributed by atoms with Crippen molar-refractivity contribution < 1.29 is 17.6 Å². The van der Waals surface area contributed by atoms with Gasteiger partial charge < -0.3 is 5.32 Å². The maximum atomic E-state index is 13.2. The molecule has 1 saturated carbocycles. The molecule has 1 aliphatic carbocycles. The average Bonchev–Trinajstić information content (AvgIpc) is 2.69. The van der Waals surface area contributed by atoms with E-state index in [1.165, 1.54) is 52.8 Å². The van der Waals surface area contributed by atoms with Crippen LogP contribution in [-0.2, 0) is 14.8 Å². The number of carbonyl (C=O) groups is 1. The zero-order chi connectivity index (χ0) is 20.1. The first-order valence-corrected chi connectivity index (χ1v) is 11.0. The van der Waals surface area contributed by atoms with Crippen LogP contribution < -0.4 is 5.32 Å². The van der Waals surface area contributed by atoms with Crippen LogP contribution in [0.4, 0.5) is 10.1 Å². The van der Waals surface area contributed by atoms with E-state index in [0.29, 0.717) is 10.7 Å². The van der Waals surface area contributed by atoms with Crippen LogP contribution >= 0.6 is 11.6 Å². The van der Waals surface area contributed by atoms with Gasteiger partial charge in [-0.15, -0.1) is 0 Å². The van der Waals surface area contributed by atoms with Crippen LogP contribution in [0, 0.1) is 5.82 Å². The molecule has 0 saturated heterocycles. The Morgan fingerprint density at radius 2 is 1.64 bits per heavy atom. The molecular formula is C20H22ClFN2O3S. The fourth-order valence-electron chi connectivity index (χ4n) is 3.40. The largest absolute Gasteiger partial charge is 0.325 e. The highest BCUT2D eigenvalue weighted by Gasteiger charge is 2.34. The van der Waals surface area contributed by atoms with Gasteiger partial charge in [0.2, 0.25) is 15.9 Å². The molecule has 2 aromatic rings. The van der Waals surface area contributed by atoms with Crippen LogP contribution in [0.15, 0.2) is 53.4 Å². The van der Waals surface area contributed by atoms with Gasteiger partial charge in [0.1, 0.15) is 5.82 Å². The van der Waals surface area contributed by atoms with Gasteiger partial charge in [-0.3, -0.25) is 4.79 Å². The standard InChI is InChI=1S/C20H22ClFN2O3S/c21-15-6-12-19(13-7-15)28(26,27)24(18-4-2-1-3-5-18)14-20(25)23-17-10-8-16(22)9-11-17/h6-13,18H,1-5,14H2,(H,23,25). The third-order valence-electron chi connectivity index (χ3n) is 4.83. The Labute approximate surface area is 169 Å². The predicted octanol–water partition coefficient (Wildman–Crippen LogP) is 4.44. The molecule has 8 heteroatoms. The van der Waals surface area contributed by atoms with Gasteiger partial charge in [-0.1, -0.05) is 30.9 Å². The first-order valence-electron chi connectivity index (χ1n) is 9.19. The van der Waals surface area contributed by atoms with Crippen LogP contribution in [0.25, 0.3) is 0 Å². The fraction of sp³-hybridized carbons (Fsp3) is 0.350. The molecule has 150 valence electrons. The van der Waals surface area contributed by atoms with E-state index in [9.17, 15) is 17.6 Å². The second-order valence-electron chi connectivity index (χ2n) is 6.85. The molecule has 0 unspecified atom stereocenters. The zero-order valence-electron chi connectivity index (χ0n) is 15.3. The third-order valence-corrected chi connectivity index (χ3v) is 6.99. The van der Waals surface area contributed by atoms with E-state index in [-0.39, 0.29) is 17.5 Å². The number of halogens is 2. The van der Waals surface area contributed by atoms with Crippen LogP contribution in [-0.4, -0.2) is 31.2 Å². The molecule has 0 spiro atoms. The molecule has 2 aromatic carbocycles. The van der Waals surface area contributed by atoms with Crippen molar-refractivity contribution >= 4 is 33.2 Å². The minimum absolute atomic E-state index is 0.108. The number of rotatable bonds is 6. The van der Waals surface area contributed by atoms with Crippen molar-refractivity contribution in [3.05, 3.63) is 59.4 Å². The van der Waals surface area contributed by atoms with Crippen LogP contribution in [0.2, 0.25) is 5.02 Å². The second-order valence-corrected chi connectivity index (χ2v) is 9.18. The number of anilines is 1. The number of amides is 1. The minimum Gasteiger partial charge on any atom is -0.325 e. The Morgan fingerprint density at radius 1 is 1.04 bits per heavy atom. The van der Waals surface area contributed by atoms with Crippen molar-refractivity contribution in [3.63, 3.8) is 0 Å². The normalized spacial score (nSPS) is 15.5. The SMILES string of the molecule is O=C(CN(C1CCCCC1)S(=O)(=O)c1ccc(Cl)cc1)Nc1ccc(F)cc1. The number of carbonyl (C=O) groups excluding carboxylic acids is 1. The van der Waals surface area contributed by atoms with Gasteiger partial charge in [-0.25, -0.2) is 12.8 Å². The maximum Gasteiger partial charge on any atom is 0.243 e. The van der Waals surface area contributed by atoms with Gasteiger partial charge in [0, 0.05) is 16.8 Å². The highest BCUT2D eigenvalue weighted by Crippen LogP contribution is 2.28. The lowest BCUT2D eigenvalue weighted by molar-refractivity contribution is -0.116. The van der Waals surface area contributed by atoms with E-state index in [0.717, 1.165) is 32.1 Å². The number of hydrogen-bond acceptors (Lipinski definition) is 3. The number of hydrogen-bond donors (Lipinski definition) is 1. The molecule has 0 aromatic heterocycles. The topological polar surface area (TPSA) is 66.5 Å². The van der Waals surface area contributed by atoms with Crippen molar-refractivity contribution in [3.8, 4) is 0 Å². The quantitative estimate of drug-likeness (QED) is 0.745. The monoisotopic (exact) mass is 424 g/mol. The minimum atomic E-state index is -3.86. The molecule has 5 nitrogen and oxygen atoms in total. The Morgan fingerprint density at radius 3 is 2.25 bits per heavy atom. The first kappa shape index (κ1) is 20.8. The molecule has 1 aliphatic rings. The van der Waals surface area contributed by atoms with Crippen LogP contribution in [0.1, 0.15) is 32.1 Å². The van der Waals surface area contributed by atoms with E-state index in [4.69, 9.17) is 11.6 Å². The third kappa shape index (κ3) is 5.10. The molecule has 1 amide bonds. The van der Waals surface area contributed by atoms with E-state index in [1.54, 1.807) is 0 Å². The van der Waals surface area contributed by atoms with Crippen molar-refractivity contribution in [1.29, 1.82) is 0 Å². The van der Waals surface area contributed by atoms with E-state index in [1.807, 2.05) is 0 Å². The molecule has 0 radical (unpaired) electrons. The highest BCUT2D eigenvalue weighted by molar-refractivity contribution is 7.89. The zero-order valence-corrected chi connectivity index (χ0v) is 16.8. The number of nitrogens with zero attached hydrogens (tertiary/aromatic N) is 1. The molecule has 0 bridgehead atoms. The Hall–Kier alpha value is -1.96. The van der Waals surface area contributed by atoms with Gasteiger partial charge in [-0.05, 0) is 61.4 Å². The summed E-state index contributed by atoms with van der Waals surface area (Å²) >= 11 is 5.88. The number of nitrogens with one attached hydrogen (secondary N) is 1. The molecule has 1 fully saturated rings. The van der Waals surface area contributed by atoms with Gasteiger partial charge in [0.15, 0.2) is 0 Å². The number of sulfonamides is 1. The summed E-state index contributed by atoms with van der Waals surface area (Å²) in [6, 6.07) is 11.1. The lowest BCUT2D eigenvalue weighted by atomic mass is 9.95. The summed E-state index contributed by atoms with van der Waals surface area (Å²) in [7, 11) is -3.86. The summed E-state index contributed by atoms with van der Waals surface area (Å²) in [5, 5.41) is 3.08. The molecule has 0 aliphatic heterocycles. The summed E-state index contributed by atoms with van der Waals surface area (Å²) in [6.45, 7) is -0.299. The molecular weight excluding hydrogens is 403 g/mol. The summed E-state index contributed by atoms with van der Waals surface area (Å²) in [6.07, 6.45) is 4.36. The number of benzene rings is 2. The summed E-state index contributed by atoms with van der Waals surface area (Å²) in [5.41, 5.74) is 0.416. The molecule has 1 N–H and O–H groups in total. The lowest BCUT2D eigenvalue weighted by Gasteiger charge is -2.33. The average molecular weight is 425 g/mol. The molecule has 28 heavy (non-hydrogen) atoms. The summed E-state index contributed by atoms with van der Waals surface area (Å²) in [5.74, 6) is -0.873. The molecule has 0 heterocycles. The maximum absolute atomic E-state index is 13.2. The summed E-state index contributed by atoms with van der Waals surface area (Å²) < 4.78 is 40.8. The van der Waals surface area contributed by atoms with Crippen LogP contribution in [0.3, 0.4) is 0 Å². The van der Waals surface area contributed by atoms with Gasteiger partial charge >= 0.3 is 0 Å². The van der Waals surface area contributed by atoms with Gasteiger partial charge in [0.25, 0.3) is 0 Å². The summed E-state index contributed by atoms with van der Waals surface area (Å²) in [4.78, 5) is 12.7. The Bertz CT molecular complexity index is 911. The van der Waals surface area contributed by atoms with E-state index < -0.39 is 21.7 Å². The van der Waals surface area contributed by atoms with Crippen LogP contribution in [0.5, 0.6) is 0 Å². The van der Waals surface area contributed by atoms with E-state index >= 15 is 0 Å². The highest BCUT2D eigenvalue weighted by atomic mass is 35.5. The molecule has 3 rings (SSSR count). The van der Waals surface area contributed by atoms with Gasteiger partial charge in [-0.2, -0.15) is 4.31 Å². The lowest BCUT2D eigenvalue weighted by Crippen LogP contribution is -2.45. The second kappa shape index (κ2) is 9.03. The van der Waals surface area contributed by atoms with Crippen molar-refractivity contribution in [2.45, 2.75) is 43.0 Å². The first-order chi connectivity index (χ1) is 13.4. The van der Waals surface area contributed by atoms with Crippen molar-refractivity contribution in [1.82, 2.24) is 4.31 Å². The van der Waals surface area contributed by atoms with Gasteiger partial charge in [0.05, 0.1) is 11.4 Å². The predicted molar refractivity (Wildman–Crippen MR) is 107 cm³/mol. The fourth-order valence-corrected chi connectivity index (χ4v) is 5.16. The Kier molecular flexibility index (Phi) is 6.69. The van der Waals surface area contributed by atoms with E-state index in [2.05, 4.69) is 5.32 Å². The smallest absolute Gasteiger partial charge is 0.243 e.